The van der Waals surface area contributed by atoms with Gasteiger partial charge in [0.15, 0.2) is 0 Å². The van der Waals surface area contributed by atoms with Crippen molar-refractivity contribution in [1.82, 2.24) is 0 Å². The predicted octanol–water partition coefficient (Wildman–Crippen LogP) is -7.83. The van der Waals surface area contributed by atoms with Crippen molar-refractivity contribution in [1.29, 1.82) is 0 Å². The first-order valence-electron chi connectivity index (χ1n) is 4.39. The first kappa shape index (κ1) is 22.4. The Hall–Kier alpha value is 0.230. The summed E-state index contributed by atoms with van der Waals surface area (Å²) in [5.74, 6) is -1.08. The maximum absolute atomic E-state index is 8.96. The molecular formula is C8H17NaO8. The molecule has 0 aliphatic carbocycles. The molecule has 0 amide bonds. The largest absolute Gasteiger partial charge is 1.00 e. The van der Waals surface area contributed by atoms with E-state index in [0.29, 0.717) is 0 Å². The second kappa shape index (κ2) is 12.7. The number of carboxylic acids is 1. The van der Waals surface area contributed by atoms with Gasteiger partial charge in [0, 0.05) is 5.97 Å². The molecule has 0 fully saturated rings. The van der Waals surface area contributed by atoms with Gasteiger partial charge in [-0.25, -0.2) is 0 Å². The maximum Gasteiger partial charge on any atom is 1.00 e. The van der Waals surface area contributed by atoms with E-state index in [4.69, 9.17) is 40.5 Å². The van der Waals surface area contributed by atoms with Crippen molar-refractivity contribution in [2.45, 2.75) is 31.3 Å². The van der Waals surface area contributed by atoms with Gasteiger partial charge >= 0.3 is 29.6 Å². The Balaban J connectivity index is -0.000000340. The summed E-state index contributed by atoms with van der Waals surface area (Å²) in [5, 5.41) is 61.1. The van der Waals surface area contributed by atoms with Crippen LogP contribution in [0.1, 0.15) is 6.92 Å². The van der Waals surface area contributed by atoms with Gasteiger partial charge in [-0.2, -0.15) is 0 Å². The molecule has 0 aromatic carbocycles. The van der Waals surface area contributed by atoms with E-state index in [1.165, 1.54) is 0 Å². The van der Waals surface area contributed by atoms with E-state index in [1.807, 2.05) is 0 Å². The average Bonchev–Trinajstić information content (AvgIpc) is 2.24. The minimum absolute atomic E-state index is 0. The number of rotatable bonds is 5. The van der Waals surface area contributed by atoms with Gasteiger partial charge in [-0.1, -0.05) is 0 Å². The standard InChI is InChI=1S/C6H14O6.C2H4O2.Na/c7-1-3(9)5(11)6(12)4(10)2-8;1-2(3)4;/h3-12H,1-2H2;1H3,(H,3,4);/q;;+1/p-1/t3-,4-,5-,6-;;/m1../s1. The Bertz CT molecular complexity index is 172. The van der Waals surface area contributed by atoms with Gasteiger partial charge in [0.05, 0.1) is 13.2 Å². The molecule has 0 bridgehead atoms. The molecule has 0 saturated carbocycles. The summed E-state index contributed by atoms with van der Waals surface area (Å²) in [6, 6.07) is 0. The van der Waals surface area contributed by atoms with Crippen molar-refractivity contribution in [3.8, 4) is 0 Å². The van der Waals surface area contributed by atoms with Crippen molar-refractivity contribution >= 4 is 5.97 Å². The molecule has 0 radical (unpaired) electrons. The van der Waals surface area contributed by atoms with Crippen LogP contribution in [0.15, 0.2) is 0 Å². The molecule has 8 nitrogen and oxygen atoms in total. The molecule has 6 N–H and O–H groups in total. The minimum atomic E-state index is -1.67. The number of aliphatic hydroxyl groups is 6. The van der Waals surface area contributed by atoms with Gasteiger partial charge in [0.1, 0.15) is 24.4 Å². The third-order valence-corrected chi connectivity index (χ3v) is 1.51. The Labute approximate surface area is 120 Å². The van der Waals surface area contributed by atoms with E-state index < -0.39 is 43.6 Å². The van der Waals surface area contributed by atoms with Crippen LogP contribution in [-0.2, 0) is 4.79 Å². The van der Waals surface area contributed by atoms with Crippen LogP contribution in [0.2, 0.25) is 0 Å². The van der Waals surface area contributed by atoms with Gasteiger partial charge in [0.2, 0.25) is 0 Å². The first-order chi connectivity index (χ1) is 7.27. The van der Waals surface area contributed by atoms with Crippen LogP contribution in [0.4, 0.5) is 0 Å². The van der Waals surface area contributed by atoms with Gasteiger partial charge in [0.25, 0.3) is 0 Å². The van der Waals surface area contributed by atoms with Crippen molar-refractivity contribution in [2.24, 2.45) is 0 Å². The Morgan fingerprint density at radius 2 is 1.18 bits per heavy atom. The molecule has 0 saturated heterocycles. The zero-order chi connectivity index (χ0) is 13.3. The summed E-state index contributed by atoms with van der Waals surface area (Å²) in [6.45, 7) is -0.479. The van der Waals surface area contributed by atoms with Crippen molar-refractivity contribution in [3.05, 3.63) is 0 Å². The topological polar surface area (TPSA) is 162 Å². The van der Waals surface area contributed by atoms with E-state index in [0.717, 1.165) is 6.92 Å². The number of carbonyl (C=O) groups excluding carboxylic acids is 1. The molecule has 0 aromatic rings. The monoisotopic (exact) mass is 264 g/mol. The third-order valence-electron chi connectivity index (χ3n) is 1.51. The molecular weight excluding hydrogens is 247 g/mol. The zero-order valence-electron chi connectivity index (χ0n) is 9.72. The summed E-state index contributed by atoms with van der Waals surface area (Å²) < 4.78 is 0. The van der Waals surface area contributed by atoms with Gasteiger partial charge in [-0.05, 0) is 6.92 Å². The van der Waals surface area contributed by atoms with Gasteiger partial charge in [-0.15, -0.1) is 0 Å². The second-order valence-electron chi connectivity index (χ2n) is 2.97. The van der Waals surface area contributed by atoms with Crippen LogP contribution < -0.4 is 34.7 Å². The maximum atomic E-state index is 8.96. The zero-order valence-corrected chi connectivity index (χ0v) is 11.7. The molecule has 0 spiro atoms. The average molecular weight is 264 g/mol. The van der Waals surface area contributed by atoms with E-state index in [2.05, 4.69) is 0 Å². The molecule has 98 valence electrons. The molecule has 0 heterocycles. The smallest absolute Gasteiger partial charge is 0.550 e. The van der Waals surface area contributed by atoms with Crippen LogP contribution in [-0.4, -0.2) is 74.2 Å². The number of hydrogen-bond acceptors (Lipinski definition) is 8. The molecule has 0 aliphatic heterocycles. The quantitative estimate of drug-likeness (QED) is 0.267. The minimum Gasteiger partial charge on any atom is -0.550 e. The van der Waals surface area contributed by atoms with E-state index in [-0.39, 0.29) is 29.6 Å². The summed E-state index contributed by atoms with van der Waals surface area (Å²) in [4.78, 5) is 8.89. The number of aliphatic carboxylic acids is 1. The van der Waals surface area contributed by atoms with Crippen LogP contribution in [0, 0.1) is 0 Å². The van der Waals surface area contributed by atoms with Crippen LogP contribution in [0.3, 0.4) is 0 Å². The van der Waals surface area contributed by atoms with Gasteiger partial charge in [-0.3, -0.25) is 0 Å². The van der Waals surface area contributed by atoms with Crippen LogP contribution in [0.5, 0.6) is 0 Å². The molecule has 0 aromatic heterocycles. The molecule has 0 aliphatic rings. The fraction of sp³-hybridized carbons (Fsp3) is 0.875. The molecule has 0 rings (SSSR count). The Kier molecular flexibility index (Phi) is 16.7. The number of carbonyl (C=O) groups is 1. The number of carboxylic acid groups (broad SMARTS) is 1. The van der Waals surface area contributed by atoms with Gasteiger partial charge < -0.3 is 40.5 Å². The van der Waals surface area contributed by atoms with Crippen molar-refractivity contribution < 1.29 is 70.1 Å². The number of hydrogen-bond donors (Lipinski definition) is 6. The number of aliphatic hydroxyl groups excluding tert-OH is 6. The molecule has 0 unspecified atom stereocenters. The summed E-state index contributed by atoms with van der Waals surface area (Å²) in [7, 11) is 0. The van der Waals surface area contributed by atoms with E-state index >= 15 is 0 Å². The van der Waals surface area contributed by atoms with E-state index in [1.54, 1.807) is 0 Å². The first-order valence-corrected chi connectivity index (χ1v) is 4.39. The fourth-order valence-corrected chi connectivity index (χ4v) is 0.671. The van der Waals surface area contributed by atoms with Crippen molar-refractivity contribution in [3.63, 3.8) is 0 Å². The SMILES string of the molecule is CC(=O)[O-].OC[C@@H](O)[C@@H](O)[C@H](O)[C@H](O)CO.[Na+]. The summed E-state index contributed by atoms with van der Waals surface area (Å²) >= 11 is 0. The normalized spacial score (nSPS) is 16.6. The van der Waals surface area contributed by atoms with Crippen LogP contribution in [0.25, 0.3) is 0 Å². The predicted molar refractivity (Wildman–Crippen MR) is 48.9 cm³/mol. The summed E-state index contributed by atoms with van der Waals surface area (Å²) in [6.07, 6.45) is -6.39. The summed E-state index contributed by atoms with van der Waals surface area (Å²) in [5.41, 5.74) is 0. The molecule has 4 atom stereocenters. The third kappa shape index (κ3) is 12.5. The molecule has 9 heteroatoms. The Morgan fingerprint density at radius 1 is 1.00 bits per heavy atom. The van der Waals surface area contributed by atoms with E-state index in [9.17, 15) is 0 Å². The fourth-order valence-electron chi connectivity index (χ4n) is 0.671. The molecule has 17 heavy (non-hydrogen) atoms. The second-order valence-corrected chi connectivity index (χ2v) is 2.97. The van der Waals surface area contributed by atoms with Crippen molar-refractivity contribution in [2.75, 3.05) is 13.2 Å². The van der Waals surface area contributed by atoms with Crippen LogP contribution >= 0.6 is 0 Å². The Morgan fingerprint density at radius 3 is 1.29 bits per heavy atom.